The first-order valence-corrected chi connectivity index (χ1v) is 7.47. The lowest BCUT2D eigenvalue weighted by atomic mass is 10.1. The van der Waals surface area contributed by atoms with Gasteiger partial charge in [-0.05, 0) is 31.5 Å². The molecule has 2 rings (SSSR count). The molecule has 0 saturated heterocycles. The van der Waals surface area contributed by atoms with Crippen LogP contribution in [0.3, 0.4) is 0 Å². The summed E-state index contributed by atoms with van der Waals surface area (Å²) in [5, 5.41) is 9.79. The predicted octanol–water partition coefficient (Wildman–Crippen LogP) is 2.35. The van der Waals surface area contributed by atoms with Gasteiger partial charge in [0.2, 0.25) is 0 Å². The highest BCUT2D eigenvalue weighted by Gasteiger charge is 2.15. The summed E-state index contributed by atoms with van der Waals surface area (Å²) in [5.41, 5.74) is 1.67. The Labute approximate surface area is 126 Å². The molecule has 0 aliphatic rings. The van der Waals surface area contributed by atoms with Crippen LogP contribution < -0.4 is 5.56 Å². The van der Waals surface area contributed by atoms with Crippen molar-refractivity contribution in [2.45, 2.75) is 25.4 Å². The zero-order valence-electron chi connectivity index (χ0n) is 11.9. The molecule has 0 saturated carbocycles. The second-order valence-corrected chi connectivity index (χ2v) is 5.73. The zero-order valence-corrected chi connectivity index (χ0v) is 12.7. The molecular formula is C15H16N2O3S. The van der Waals surface area contributed by atoms with Crippen LogP contribution in [-0.4, -0.2) is 26.4 Å². The first-order valence-electron chi connectivity index (χ1n) is 6.49. The molecule has 0 aromatic carbocycles. The van der Waals surface area contributed by atoms with Crippen molar-refractivity contribution >= 4 is 17.7 Å². The lowest BCUT2D eigenvalue weighted by Crippen LogP contribution is -2.18. The third-order valence-electron chi connectivity index (χ3n) is 3.00. The minimum atomic E-state index is -0.973. The maximum absolute atomic E-state index is 11.6. The predicted molar refractivity (Wildman–Crippen MR) is 82.1 cm³/mol. The number of carboxylic acids is 1. The number of hydrogen-bond donors (Lipinski definition) is 1. The number of carbonyl (C=O) groups is 1. The number of pyridine rings is 2. The lowest BCUT2D eigenvalue weighted by molar-refractivity contribution is 0.0691. The molecule has 0 fully saturated rings. The summed E-state index contributed by atoms with van der Waals surface area (Å²) in [7, 11) is 0. The van der Waals surface area contributed by atoms with E-state index in [1.165, 1.54) is 17.8 Å². The van der Waals surface area contributed by atoms with Crippen molar-refractivity contribution in [3.63, 3.8) is 0 Å². The fraction of sp³-hybridized carbons (Fsp3) is 0.267. The van der Waals surface area contributed by atoms with Gasteiger partial charge in [-0.15, -0.1) is 11.8 Å². The molecule has 21 heavy (non-hydrogen) atoms. The molecule has 0 amide bonds. The van der Waals surface area contributed by atoms with Gasteiger partial charge in [-0.2, -0.15) is 0 Å². The second-order valence-electron chi connectivity index (χ2n) is 4.65. The molecule has 2 aromatic heterocycles. The quantitative estimate of drug-likeness (QED) is 0.858. The molecule has 110 valence electrons. The minimum Gasteiger partial charge on any atom is -0.478 e. The van der Waals surface area contributed by atoms with E-state index >= 15 is 0 Å². The van der Waals surface area contributed by atoms with Gasteiger partial charge in [-0.25, -0.2) is 9.78 Å². The van der Waals surface area contributed by atoms with Crippen molar-refractivity contribution in [2.75, 3.05) is 5.75 Å². The summed E-state index contributed by atoms with van der Waals surface area (Å²) >= 11 is 1.36. The molecule has 0 aliphatic carbocycles. The van der Waals surface area contributed by atoms with E-state index in [9.17, 15) is 14.7 Å². The molecule has 0 aliphatic heterocycles. The summed E-state index contributed by atoms with van der Waals surface area (Å²) in [6.07, 6.45) is 1.72. The molecule has 5 nitrogen and oxygen atoms in total. The fourth-order valence-electron chi connectivity index (χ4n) is 2.05. The second kappa shape index (κ2) is 6.58. The number of rotatable bonds is 5. The average Bonchev–Trinajstić information content (AvgIpc) is 2.39. The molecule has 0 atom stereocenters. The Balaban J connectivity index is 2.15. The number of aryl methyl sites for hydroxylation is 3. The Morgan fingerprint density at radius 1 is 1.38 bits per heavy atom. The van der Waals surface area contributed by atoms with Crippen molar-refractivity contribution in [1.82, 2.24) is 9.55 Å². The molecule has 0 radical (unpaired) electrons. The van der Waals surface area contributed by atoms with Crippen molar-refractivity contribution in [3.8, 4) is 0 Å². The molecule has 0 spiro atoms. The Kier molecular flexibility index (Phi) is 4.80. The van der Waals surface area contributed by atoms with Crippen LogP contribution in [0.25, 0.3) is 0 Å². The molecule has 1 N–H and O–H groups in total. The van der Waals surface area contributed by atoms with Crippen LogP contribution >= 0.6 is 11.8 Å². The van der Waals surface area contributed by atoms with Crippen LogP contribution in [0.5, 0.6) is 0 Å². The standard InChI is InChI=1S/C15H16N2O3S/c1-10-9-11(2)16-14(13(10)15(19)20)21-8-7-17-6-4-3-5-12(17)18/h3-6,9H,7-8H2,1-2H3,(H,19,20). The summed E-state index contributed by atoms with van der Waals surface area (Å²) < 4.78 is 1.59. The minimum absolute atomic E-state index is 0.0649. The first-order chi connectivity index (χ1) is 9.99. The molecular weight excluding hydrogens is 288 g/mol. The van der Waals surface area contributed by atoms with Gasteiger partial charge in [-0.3, -0.25) is 4.79 Å². The smallest absolute Gasteiger partial charge is 0.338 e. The highest BCUT2D eigenvalue weighted by molar-refractivity contribution is 7.99. The summed E-state index contributed by atoms with van der Waals surface area (Å²) in [6, 6.07) is 6.75. The van der Waals surface area contributed by atoms with Gasteiger partial charge in [0.15, 0.2) is 0 Å². The van der Waals surface area contributed by atoms with Gasteiger partial charge in [0.25, 0.3) is 5.56 Å². The number of carboxylic acid groups (broad SMARTS) is 1. The number of thioether (sulfide) groups is 1. The van der Waals surface area contributed by atoms with Crippen LogP contribution in [0.1, 0.15) is 21.6 Å². The van der Waals surface area contributed by atoms with Gasteiger partial charge >= 0.3 is 5.97 Å². The van der Waals surface area contributed by atoms with E-state index in [-0.39, 0.29) is 11.1 Å². The van der Waals surface area contributed by atoms with Crippen LogP contribution in [0, 0.1) is 13.8 Å². The summed E-state index contributed by atoms with van der Waals surface area (Å²) in [6.45, 7) is 4.12. The van der Waals surface area contributed by atoms with E-state index in [1.54, 1.807) is 35.9 Å². The maximum Gasteiger partial charge on any atom is 0.338 e. The van der Waals surface area contributed by atoms with Gasteiger partial charge in [0.1, 0.15) is 5.03 Å². The molecule has 0 unspecified atom stereocenters. The van der Waals surface area contributed by atoms with Crippen LogP contribution in [0.4, 0.5) is 0 Å². The molecule has 0 bridgehead atoms. The SMILES string of the molecule is Cc1cc(C)c(C(=O)O)c(SCCn2ccccc2=O)n1. The van der Waals surface area contributed by atoms with Crippen LogP contribution in [0.2, 0.25) is 0 Å². The average molecular weight is 304 g/mol. The summed E-state index contributed by atoms with van der Waals surface area (Å²) in [5.74, 6) is -0.389. The lowest BCUT2D eigenvalue weighted by Gasteiger charge is -2.10. The van der Waals surface area contributed by atoms with E-state index in [1.807, 2.05) is 6.92 Å². The molecule has 2 aromatic rings. The Bertz CT molecular complexity index is 725. The van der Waals surface area contributed by atoms with Crippen molar-refractivity contribution in [3.05, 3.63) is 57.6 Å². The highest BCUT2D eigenvalue weighted by atomic mass is 32.2. The summed E-state index contributed by atoms with van der Waals surface area (Å²) in [4.78, 5) is 27.2. The third-order valence-corrected chi connectivity index (χ3v) is 3.95. The van der Waals surface area contributed by atoms with Gasteiger partial charge in [0, 0.05) is 30.3 Å². The molecule has 2 heterocycles. The van der Waals surface area contributed by atoms with Gasteiger partial charge < -0.3 is 9.67 Å². The van der Waals surface area contributed by atoms with Crippen molar-refractivity contribution < 1.29 is 9.90 Å². The fourth-order valence-corrected chi connectivity index (χ4v) is 3.14. The topological polar surface area (TPSA) is 72.2 Å². The van der Waals surface area contributed by atoms with E-state index in [4.69, 9.17) is 0 Å². The zero-order chi connectivity index (χ0) is 15.4. The number of nitrogens with zero attached hydrogens (tertiary/aromatic N) is 2. The van der Waals surface area contributed by atoms with Crippen molar-refractivity contribution in [1.29, 1.82) is 0 Å². The Morgan fingerprint density at radius 2 is 2.14 bits per heavy atom. The van der Waals surface area contributed by atoms with Crippen LogP contribution in [-0.2, 0) is 6.54 Å². The van der Waals surface area contributed by atoms with Crippen LogP contribution in [0.15, 0.2) is 40.3 Å². The first kappa shape index (κ1) is 15.3. The van der Waals surface area contributed by atoms with E-state index in [0.717, 1.165) is 5.69 Å². The Hall–Kier alpha value is -2.08. The highest BCUT2D eigenvalue weighted by Crippen LogP contribution is 2.24. The van der Waals surface area contributed by atoms with Crippen molar-refractivity contribution in [2.24, 2.45) is 0 Å². The molecule has 6 heteroatoms. The largest absolute Gasteiger partial charge is 0.478 e. The van der Waals surface area contributed by atoms with E-state index in [2.05, 4.69) is 4.98 Å². The van der Waals surface area contributed by atoms with E-state index in [0.29, 0.717) is 22.9 Å². The van der Waals surface area contributed by atoms with Gasteiger partial charge in [-0.1, -0.05) is 6.07 Å². The normalized spacial score (nSPS) is 10.6. The maximum atomic E-state index is 11.6. The van der Waals surface area contributed by atoms with E-state index < -0.39 is 5.97 Å². The number of aromatic carboxylic acids is 1. The Morgan fingerprint density at radius 3 is 2.81 bits per heavy atom. The monoisotopic (exact) mass is 304 g/mol. The number of hydrogen-bond acceptors (Lipinski definition) is 4. The number of aromatic nitrogens is 2. The van der Waals surface area contributed by atoms with Gasteiger partial charge in [0.05, 0.1) is 5.56 Å². The third kappa shape index (κ3) is 3.72.